The zero-order valence-electron chi connectivity index (χ0n) is 12.0. The van der Waals surface area contributed by atoms with Gasteiger partial charge in [0.1, 0.15) is 0 Å². The molecule has 0 saturated heterocycles. The first-order valence-electron chi connectivity index (χ1n) is 6.78. The van der Waals surface area contributed by atoms with E-state index in [1.807, 2.05) is 24.3 Å². The number of rotatable bonds is 3. The van der Waals surface area contributed by atoms with Crippen LogP contribution in [0.5, 0.6) is 0 Å². The zero-order chi connectivity index (χ0) is 15.7. The maximum atomic E-state index is 11.5. The van der Waals surface area contributed by atoms with Crippen LogP contribution in [-0.2, 0) is 9.84 Å². The molecule has 0 fully saturated rings. The fourth-order valence-corrected chi connectivity index (χ4v) is 3.10. The summed E-state index contributed by atoms with van der Waals surface area (Å²) in [5.74, 6) is 0. The van der Waals surface area contributed by atoms with Gasteiger partial charge in [-0.2, -0.15) is 0 Å². The van der Waals surface area contributed by atoms with Crippen molar-refractivity contribution in [2.24, 2.45) is 0 Å². The van der Waals surface area contributed by atoms with E-state index in [4.69, 9.17) is 11.6 Å². The minimum atomic E-state index is -3.22. The van der Waals surface area contributed by atoms with Gasteiger partial charge in [-0.15, -0.1) is 0 Å². The number of sulfone groups is 1. The number of allylic oxidation sites excluding steroid dienone is 4. The fraction of sp³-hybridized carbons (Fsp3) is 0.118. The van der Waals surface area contributed by atoms with E-state index in [0.717, 1.165) is 28.8 Å². The van der Waals surface area contributed by atoms with Crippen molar-refractivity contribution in [3.05, 3.63) is 71.0 Å². The van der Waals surface area contributed by atoms with Crippen LogP contribution in [0.2, 0.25) is 5.02 Å². The van der Waals surface area contributed by atoms with Crippen LogP contribution < -0.4 is 0 Å². The Kier molecular flexibility index (Phi) is 3.89. The largest absolute Gasteiger partial charge is 0.255 e. The van der Waals surface area contributed by atoms with Gasteiger partial charge in [-0.1, -0.05) is 35.9 Å². The number of nitrogens with zero attached hydrogens (tertiary/aromatic N) is 1. The minimum Gasteiger partial charge on any atom is -0.255 e. The molecule has 0 spiro atoms. The molecule has 0 atom stereocenters. The predicted octanol–water partition coefficient (Wildman–Crippen LogP) is 4.01. The molecule has 2 aromatic rings. The van der Waals surface area contributed by atoms with Crippen LogP contribution in [0, 0.1) is 0 Å². The van der Waals surface area contributed by atoms with Gasteiger partial charge in [0.25, 0.3) is 0 Å². The third-order valence-electron chi connectivity index (χ3n) is 3.53. The van der Waals surface area contributed by atoms with Crippen LogP contribution in [-0.4, -0.2) is 19.7 Å². The number of benzene rings is 1. The summed E-state index contributed by atoms with van der Waals surface area (Å²) in [6.45, 7) is 0. The maximum absolute atomic E-state index is 11.5. The summed E-state index contributed by atoms with van der Waals surface area (Å²) >= 11 is 5.93. The van der Waals surface area contributed by atoms with Gasteiger partial charge in [-0.05, 0) is 41.8 Å². The minimum absolute atomic E-state index is 0.229. The Labute approximate surface area is 134 Å². The van der Waals surface area contributed by atoms with Crippen LogP contribution in [0.4, 0.5) is 0 Å². The Morgan fingerprint density at radius 3 is 2.27 bits per heavy atom. The number of aromatic nitrogens is 1. The van der Waals surface area contributed by atoms with Crippen molar-refractivity contribution in [3.63, 3.8) is 0 Å². The second-order valence-electron chi connectivity index (χ2n) is 5.13. The van der Waals surface area contributed by atoms with E-state index in [9.17, 15) is 8.42 Å². The van der Waals surface area contributed by atoms with Gasteiger partial charge in [0.15, 0.2) is 9.84 Å². The van der Waals surface area contributed by atoms with E-state index in [1.54, 1.807) is 12.1 Å². The Morgan fingerprint density at radius 2 is 1.68 bits per heavy atom. The van der Waals surface area contributed by atoms with Crippen molar-refractivity contribution in [1.82, 2.24) is 4.98 Å². The van der Waals surface area contributed by atoms with E-state index in [-0.39, 0.29) is 4.90 Å². The first kappa shape index (κ1) is 15.0. The Hall–Kier alpha value is -1.91. The molecule has 0 saturated carbocycles. The average molecular weight is 332 g/mol. The number of halogens is 1. The van der Waals surface area contributed by atoms with Crippen molar-refractivity contribution in [2.45, 2.75) is 11.3 Å². The SMILES string of the molecule is CS(=O)(=O)c1ccc(C2=CCC=C2c2ccc(Cl)cc2)nc1. The van der Waals surface area contributed by atoms with E-state index >= 15 is 0 Å². The van der Waals surface area contributed by atoms with Crippen molar-refractivity contribution in [1.29, 1.82) is 0 Å². The van der Waals surface area contributed by atoms with Gasteiger partial charge in [0, 0.05) is 23.0 Å². The summed E-state index contributed by atoms with van der Waals surface area (Å²) in [6, 6.07) is 11.0. The van der Waals surface area contributed by atoms with Crippen LogP contribution >= 0.6 is 11.6 Å². The third kappa shape index (κ3) is 2.98. The quantitative estimate of drug-likeness (QED) is 0.853. The molecule has 0 bridgehead atoms. The highest BCUT2D eigenvalue weighted by atomic mass is 35.5. The van der Waals surface area contributed by atoms with Gasteiger partial charge in [-0.3, -0.25) is 4.98 Å². The van der Waals surface area contributed by atoms with Crippen molar-refractivity contribution >= 4 is 32.6 Å². The van der Waals surface area contributed by atoms with E-state index < -0.39 is 9.84 Å². The Morgan fingerprint density at radius 1 is 1.00 bits per heavy atom. The van der Waals surface area contributed by atoms with Crippen molar-refractivity contribution in [2.75, 3.05) is 6.26 Å². The standard InChI is InChI=1S/C17H14ClNO2S/c1-22(20,21)14-9-10-17(19-11-14)16-4-2-3-15(16)12-5-7-13(18)8-6-12/h3-11H,2H2,1H3. The van der Waals surface area contributed by atoms with E-state index in [0.29, 0.717) is 5.02 Å². The summed E-state index contributed by atoms with van der Waals surface area (Å²) in [4.78, 5) is 4.53. The lowest BCUT2D eigenvalue weighted by molar-refractivity contribution is 0.601. The number of hydrogen-bond donors (Lipinski definition) is 0. The van der Waals surface area contributed by atoms with E-state index in [1.165, 1.54) is 12.5 Å². The molecule has 1 heterocycles. The van der Waals surface area contributed by atoms with Crippen LogP contribution in [0.1, 0.15) is 17.7 Å². The summed E-state index contributed by atoms with van der Waals surface area (Å²) < 4.78 is 23.0. The topological polar surface area (TPSA) is 47.0 Å². The lowest BCUT2D eigenvalue weighted by atomic mass is 9.98. The molecule has 3 nitrogen and oxygen atoms in total. The summed E-state index contributed by atoms with van der Waals surface area (Å²) in [6.07, 6.45) is 7.64. The van der Waals surface area contributed by atoms with Crippen molar-refractivity contribution < 1.29 is 8.42 Å². The zero-order valence-corrected chi connectivity index (χ0v) is 13.5. The van der Waals surface area contributed by atoms with Gasteiger partial charge in [0.2, 0.25) is 0 Å². The van der Waals surface area contributed by atoms with Gasteiger partial charge in [-0.25, -0.2) is 8.42 Å². The molecule has 1 aliphatic carbocycles. The lowest BCUT2D eigenvalue weighted by Crippen LogP contribution is -1.99. The third-order valence-corrected chi connectivity index (χ3v) is 4.88. The molecule has 1 aliphatic rings. The van der Waals surface area contributed by atoms with Crippen LogP contribution in [0.15, 0.2) is 59.6 Å². The molecule has 22 heavy (non-hydrogen) atoms. The van der Waals surface area contributed by atoms with Crippen LogP contribution in [0.25, 0.3) is 11.1 Å². The summed E-state index contributed by atoms with van der Waals surface area (Å²) in [7, 11) is -3.22. The highest BCUT2D eigenvalue weighted by Crippen LogP contribution is 2.35. The maximum Gasteiger partial charge on any atom is 0.177 e. The van der Waals surface area contributed by atoms with Crippen molar-refractivity contribution in [3.8, 4) is 0 Å². The molecular weight excluding hydrogens is 318 g/mol. The lowest BCUT2D eigenvalue weighted by Gasteiger charge is -2.09. The van der Waals surface area contributed by atoms with Gasteiger partial charge < -0.3 is 0 Å². The highest BCUT2D eigenvalue weighted by Gasteiger charge is 2.16. The Bertz CT molecular complexity index is 864. The molecule has 3 rings (SSSR count). The smallest absolute Gasteiger partial charge is 0.177 e. The van der Waals surface area contributed by atoms with Gasteiger partial charge >= 0.3 is 0 Å². The molecule has 5 heteroatoms. The number of pyridine rings is 1. The molecule has 0 N–H and O–H groups in total. The predicted molar refractivity (Wildman–Crippen MR) is 89.4 cm³/mol. The van der Waals surface area contributed by atoms with Crippen LogP contribution in [0.3, 0.4) is 0 Å². The Balaban J connectivity index is 1.95. The molecular formula is C17H14ClNO2S. The molecule has 1 aromatic carbocycles. The monoisotopic (exact) mass is 331 g/mol. The normalized spacial score (nSPS) is 14.6. The fourth-order valence-electron chi connectivity index (χ4n) is 2.42. The number of hydrogen-bond acceptors (Lipinski definition) is 3. The second-order valence-corrected chi connectivity index (χ2v) is 7.58. The first-order valence-corrected chi connectivity index (χ1v) is 9.05. The first-order chi connectivity index (χ1) is 10.4. The molecule has 1 aromatic heterocycles. The molecule has 0 amide bonds. The highest BCUT2D eigenvalue weighted by molar-refractivity contribution is 7.90. The average Bonchev–Trinajstić information content (AvgIpc) is 2.97. The van der Waals surface area contributed by atoms with E-state index in [2.05, 4.69) is 17.1 Å². The summed E-state index contributed by atoms with van der Waals surface area (Å²) in [5, 5.41) is 0.698. The second kappa shape index (κ2) is 5.71. The molecule has 0 aliphatic heterocycles. The molecule has 0 radical (unpaired) electrons. The molecule has 112 valence electrons. The molecule has 0 unspecified atom stereocenters. The van der Waals surface area contributed by atoms with Gasteiger partial charge in [0.05, 0.1) is 10.6 Å². The summed E-state index contributed by atoms with van der Waals surface area (Å²) in [5.41, 5.74) is 3.95.